The highest BCUT2D eigenvalue weighted by Gasteiger charge is 2.14. The van der Waals surface area contributed by atoms with E-state index < -0.39 is 6.16 Å². The lowest BCUT2D eigenvalue weighted by molar-refractivity contribution is 0.120. The van der Waals surface area contributed by atoms with Crippen LogP contribution in [-0.4, -0.2) is 13.3 Å². The minimum atomic E-state index is -0.753. The molecule has 0 saturated carbocycles. The van der Waals surface area contributed by atoms with Crippen molar-refractivity contribution in [2.24, 2.45) is 0 Å². The van der Waals surface area contributed by atoms with E-state index in [1.165, 1.54) is 12.7 Å². The highest BCUT2D eigenvalue weighted by Crippen LogP contribution is 2.28. The summed E-state index contributed by atoms with van der Waals surface area (Å²) in [6.45, 7) is 4.44. The van der Waals surface area contributed by atoms with Gasteiger partial charge in [0.2, 0.25) is 0 Å². The second kappa shape index (κ2) is 8.64. The Morgan fingerprint density at radius 3 is 2.58 bits per heavy atom. The highest BCUT2D eigenvalue weighted by atomic mass is 32.1. The zero-order valence-corrected chi connectivity index (χ0v) is 15.1. The van der Waals surface area contributed by atoms with Crippen molar-refractivity contribution in [2.75, 3.05) is 7.11 Å². The predicted octanol–water partition coefficient (Wildman–Crippen LogP) is 4.71. The molecule has 2 aromatic rings. The fraction of sp³-hybridized carbons (Fsp3) is 0.316. The number of carbonyl (C=O) groups is 1. The van der Waals surface area contributed by atoms with Crippen LogP contribution in [0.3, 0.4) is 0 Å². The number of methoxy groups -OCH3 is 1. The van der Waals surface area contributed by atoms with Gasteiger partial charge in [-0.1, -0.05) is 36.8 Å². The molecule has 4 nitrogen and oxygen atoms in total. The number of aryl methyl sites for hydroxylation is 2. The molecule has 0 aromatic heterocycles. The summed E-state index contributed by atoms with van der Waals surface area (Å²) in [4.78, 5) is 11.4. The van der Waals surface area contributed by atoms with Crippen LogP contribution in [-0.2, 0) is 23.5 Å². The van der Waals surface area contributed by atoms with Gasteiger partial charge in [-0.25, -0.2) is 4.79 Å². The predicted molar refractivity (Wildman–Crippen MR) is 97.1 cm³/mol. The van der Waals surface area contributed by atoms with Crippen molar-refractivity contribution in [3.63, 3.8) is 0 Å². The lowest BCUT2D eigenvalue weighted by Crippen LogP contribution is -2.11. The fourth-order valence-corrected chi connectivity index (χ4v) is 2.72. The van der Waals surface area contributed by atoms with Gasteiger partial charge in [-0.3, -0.25) is 0 Å². The first kappa shape index (κ1) is 18.2. The molecule has 5 heteroatoms. The average Bonchev–Trinajstić information content (AvgIpc) is 2.60. The van der Waals surface area contributed by atoms with Crippen LogP contribution in [0.5, 0.6) is 11.5 Å². The Labute approximate surface area is 148 Å². The maximum absolute atomic E-state index is 11.4. The minimum absolute atomic E-state index is 0.291. The normalized spacial score (nSPS) is 10.3. The zero-order chi connectivity index (χ0) is 17.5. The van der Waals surface area contributed by atoms with Gasteiger partial charge in [-0.2, -0.15) is 12.6 Å². The minimum Gasteiger partial charge on any atom is -0.488 e. The smallest absolute Gasteiger partial charge is 0.488 e. The van der Waals surface area contributed by atoms with Crippen LogP contribution >= 0.6 is 12.6 Å². The van der Waals surface area contributed by atoms with Gasteiger partial charge < -0.3 is 14.2 Å². The molecule has 24 heavy (non-hydrogen) atoms. The van der Waals surface area contributed by atoms with Crippen molar-refractivity contribution < 1.29 is 19.0 Å². The van der Waals surface area contributed by atoms with Crippen molar-refractivity contribution in [1.82, 2.24) is 0 Å². The summed E-state index contributed by atoms with van der Waals surface area (Å²) in [6, 6.07) is 11.6. The van der Waals surface area contributed by atoms with E-state index >= 15 is 0 Å². The topological polar surface area (TPSA) is 44.8 Å². The van der Waals surface area contributed by atoms with Gasteiger partial charge in [0.25, 0.3) is 0 Å². The first-order valence-corrected chi connectivity index (χ1v) is 8.42. The first-order valence-electron chi connectivity index (χ1n) is 7.78. The van der Waals surface area contributed by atoms with Crippen LogP contribution in [0.4, 0.5) is 4.79 Å². The van der Waals surface area contributed by atoms with E-state index in [2.05, 4.69) is 37.3 Å². The van der Waals surface area contributed by atoms with E-state index in [1.807, 2.05) is 24.3 Å². The molecule has 2 rings (SSSR count). The van der Waals surface area contributed by atoms with E-state index in [-0.39, 0.29) is 0 Å². The van der Waals surface area contributed by atoms with Gasteiger partial charge in [-0.05, 0) is 36.6 Å². The Morgan fingerprint density at radius 2 is 1.92 bits per heavy atom. The molecule has 0 atom stereocenters. The molecule has 0 radical (unpaired) electrons. The van der Waals surface area contributed by atoms with E-state index in [9.17, 15) is 4.79 Å². The van der Waals surface area contributed by atoms with Gasteiger partial charge in [0.05, 0.1) is 7.11 Å². The molecule has 0 amide bonds. The summed E-state index contributed by atoms with van der Waals surface area (Å²) < 4.78 is 15.8. The lowest BCUT2D eigenvalue weighted by Gasteiger charge is -2.16. The number of rotatable bonds is 6. The number of hydrogen-bond donors (Lipinski definition) is 1. The molecular formula is C19H22O4S. The molecule has 2 aromatic carbocycles. The summed E-state index contributed by atoms with van der Waals surface area (Å²) in [5.74, 6) is 1.78. The molecule has 0 aliphatic rings. The molecule has 0 unspecified atom stereocenters. The molecule has 0 heterocycles. The Morgan fingerprint density at radius 1 is 1.12 bits per heavy atom. The summed E-state index contributed by atoms with van der Waals surface area (Å²) in [5, 5.41) is 0. The van der Waals surface area contributed by atoms with Crippen molar-refractivity contribution in [1.29, 1.82) is 0 Å². The monoisotopic (exact) mass is 346 g/mol. The third kappa shape index (κ3) is 4.45. The van der Waals surface area contributed by atoms with Crippen molar-refractivity contribution >= 4 is 18.8 Å². The van der Waals surface area contributed by atoms with Crippen molar-refractivity contribution in [3.05, 3.63) is 58.7 Å². The SMILES string of the molecule is CCc1cc(C)ccc1OCc1c(CS)cccc1OC(=O)OC. The fourth-order valence-electron chi connectivity index (χ4n) is 2.43. The van der Waals surface area contributed by atoms with Crippen LogP contribution < -0.4 is 9.47 Å². The number of carbonyl (C=O) groups excluding carboxylic acids is 1. The summed E-state index contributed by atoms with van der Waals surface area (Å²) in [5.41, 5.74) is 4.09. The number of ether oxygens (including phenoxy) is 3. The largest absolute Gasteiger partial charge is 0.513 e. The van der Waals surface area contributed by atoms with Crippen molar-refractivity contribution in [2.45, 2.75) is 32.6 Å². The second-order valence-electron chi connectivity index (χ2n) is 5.36. The van der Waals surface area contributed by atoms with Gasteiger partial charge in [-0.15, -0.1) is 0 Å². The van der Waals surface area contributed by atoms with Gasteiger partial charge in [0.15, 0.2) is 0 Å². The van der Waals surface area contributed by atoms with E-state index in [0.29, 0.717) is 18.1 Å². The average molecular weight is 346 g/mol. The number of benzene rings is 2. The lowest BCUT2D eigenvalue weighted by atomic mass is 10.1. The van der Waals surface area contributed by atoms with Crippen LogP contribution in [0.2, 0.25) is 0 Å². The summed E-state index contributed by atoms with van der Waals surface area (Å²) in [7, 11) is 1.28. The van der Waals surface area contributed by atoms with Crippen LogP contribution in [0.15, 0.2) is 36.4 Å². The first-order chi connectivity index (χ1) is 11.6. The molecule has 0 fully saturated rings. The Kier molecular flexibility index (Phi) is 6.55. The molecule has 128 valence electrons. The van der Waals surface area contributed by atoms with E-state index in [1.54, 1.807) is 6.07 Å². The van der Waals surface area contributed by atoms with Gasteiger partial charge >= 0.3 is 6.16 Å². The third-order valence-electron chi connectivity index (χ3n) is 3.73. The Bertz CT molecular complexity index is 713. The second-order valence-corrected chi connectivity index (χ2v) is 5.68. The molecule has 0 spiro atoms. The number of hydrogen-bond acceptors (Lipinski definition) is 5. The van der Waals surface area contributed by atoms with Crippen LogP contribution in [0.1, 0.15) is 29.2 Å². The van der Waals surface area contributed by atoms with E-state index in [0.717, 1.165) is 28.9 Å². The molecular weight excluding hydrogens is 324 g/mol. The molecule has 0 aliphatic carbocycles. The van der Waals surface area contributed by atoms with E-state index in [4.69, 9.17) is 9.47 Å². The molecule has 0 aliphatic heterocycles. The molecule has 0 saturated heterocycles. The molecule has 0 bridgehead atoms. The number of thiol groups is 1. The third-order valence-corrected chi connectivity index (χ3v) is 4.07. The van der Waals surface area contributed by atoms with Crippen LogP contribution in [0.25, 0.3) is 0 Å². The highest BCUT2D eigenvalue weighted by molar-refractivity contribution is 7.79. The zero-order valence-electron chi connectivity index (χ0n) is 14.2. The maximum Gasteiger partial charge on any atom is 0.513 e. The molecule has 0 N–H and O–H groups in total. The Balaban J connectivity index is 2.26. The standard InChI is InChI=1S/C19H22O4S/c1-4-14-10-13(2)8-9-17(14)22-11-16-15(12-24)6-5-7-18(16)23-19(20)21-3/h5-10,24H,4,11-12H2,1-3H3. The van der Waals surface area contributed by atoms with Gasteiger partial charge in [0.1, 0.15) is 18.1 Å². The van der Waals surface area contributed by atoms with Gasteiger partial charge in [0, 0.05) is 11.3 Å². The summed E-state index contributed by atoms with van der Waals surface area (Å²) in [6.07, 6.45) is 0.133. The Hall–Kier alpha value is -2.14. The maximum atomic E-state index is 11.4. The quantitative estimate of drug-likeness (QED) is 0.467. The van der Waals surface area contributed by atoms with Crippen LogP contribution in [0, 0.1) is 6.92 Å². The summed E-state index contributed by atoms with van der Waals surface area (Å²) >= 11 is 4.35. The van der Waals surface area contributed by atoms with Crippen molar-refractivity contribution in [3.8, 4) is 11.5 Å².